The number of carbonyl (C=O) groups is 1. The molecule has 0 bridgehead atoms. The second kappa shape index (κ2) is 6.56. The van der Waals surface area contributed by atoms with E-state index in [4.69, 9.17) is 9.31 Å². The maximum atomic E-state index is 11.4. The minimum Gasteiger partial charge on any atom is -0.481 e. The molecule has 1 aliphatic rings. The number of carboxylic acids is 1. The molecule has 1 saturated heterocycles. The van der Waals surface area contributed by atoms with Crippen LogP contribution < -0.4 is 0 Å². The molecule has 6 nitrogen and oxygen atoms in total. The van der Waals surface area contributed by atoms with Crippen LogP contribution in [0.2, 0.25) is 0 Å². The van der Waals surface area contributed by atoms with Crippen LogP contribution in [0.25, 0.3) is 5.69 Å². The van der Waals surface area contributed by atoms with Gasteiger partial charge in [0, 0.05) is 12.0 Å². The molecule has 2 aromatic rings. The fourth-order valence-corrected chi connectivity index (χ4v) is 3.05. The molecule has 1 fully saturated rings. The Morgan fingerprint density at radius 3 is 2.50 bits per heavy atom. The molecule has 0 saturated carbocycles. The Balaban J connectivity index is 1.91. The van der Waals surface area contributed by atoms with E-state index in [1.54, 1.807) is 10.9 Å². The van der Waals surface area contributed by atoms with Gasteiger partial charge in [-0.1, -0.05) is 12.1 Å². The molecule has 0 radical (unpaired) electrons. The van der Waals surface area contributed by atoms with Crippen molar-refractivity contribution in [2.75, 3.05) is 0 Å². The standard InChI is InChI=1S/C19H25BN2O4/c1-13-7-6-8-15(9-13)22-12-14(11-21-22)16(10-17(23)24)20-25-18(2,3)19(4,5)26-20/h6-9,11-12,16H,10H2,1-5H3,(H,23,24). The van der Waals surface area contributed by atoms with Gasteiger partial charge in [0.05, 0.1) is 29.5 Å². The Bertz CT molecular complexity index is 799. The molecule has 1 aromatic heterocycles. The van der Waals surface area contributed by atoms with Gasteiger partial charge in [0.25, 0.3) is 0 Å². The highest BCUT2D eigenvalue weighted by Gasteiger charge is 2.54. The highest BCUT2D eigenvalue weighted by Crippen LogP contribution is 2.41. The van der Waals surface area contributed by atoms with E-state index in [0.717, 1.165) is 16.8 Å². The molecule has 1 atom stereocenters. The monoisotopic (exact) mass is 356 g/mol. The number of nitrogens with zero attached hydrogens (tertiary/aromatic N) is 2. The van der Waals surface area contributed by atoms with Crippen molar-refractivity contribution >= 4 is 13.1 Å². The predicted molar refractivity (Wildman–Crippen MR) is 99.4 cm³/mol. The van der Waals surface area contributed by atoms with Gasteiger partial charge in [0.15, 0.2) is 0 Å². The van der Waals surface area contributed by atoms with Gasteiger partial charge in [-0.3, -0.25) is 4.79 Å². The maximum absolute atomic E-state index is 11.4. The Kier molecular flexibility index (Phi) is 4.71. The number of rotatable bonds is 5. The molecule has 1 N–H and O–H groups in total. The van der Waals surface area contributed by atoms with Crippen molar-refractivity contribution < 1.29 is 19.2 Å². The Morgan fingerprint density at radius 2 is 1.92 bits per heavy atom. The van der Waals surface area contributed by atoms with E-state index in [9.17, 15) is 9.90 Å². The third kappa shape index (κ3) is 3.55. The second-order valence-electron chi connectivity index (χ2n) is 7.89. The average Bonchev–Trinajstić information content (AvgIpc) is 3.08. The Morgan fingerprint density at radius 1 is 1.27 bits per heavy atom. The van der Waals surface area contributed by atoms with E-state index < -0.39 is 30.1 Å². The predicted octanol–water partition coefficient (Wildman–Crippen LogP) is 3.37. The Labute approximate surface area is 154 Å². The van der Waals surface area contributed by atoms with Crippen LogP contribution in [0.15, 0.2) is 36.7 Å². The quantitative estimate of drug-likeness (QED) is 0.832. The molecule has 7 heteroatoms. The molecular weight excluding hydrogens is 331 g/mol. The van der Waals surface area contributed by atoms with Crippen LogP contribution in [0.1, 0.15) is 51.1 Å². The van der Waals surface area contributed by atoms with Crippen LogP contribution in [0, 0.1) is 6.92 Å². The molecule has 138 valence electrons. The summed E-state index contributed by atoms with van der Waals surface area (Å²) in [6.07, 6.45) is 3.46. The van der Waals surface area contributed by atoms with Crippen molar-refractivity contribution in [2.45, 2.75) is 58.1 Å². The number of aryl methyl sites for hydroxylation is 1. The van der Waals surface area contributed by atoms with Gasteiger partial charge in [-0.05, 0) is 57.9 Å². The lowest BCUT2D eigenvalue weighted by molar-refractivity contribution is -0.137. The van der Waals surface area contributed by atoms with Crippen LogP contribution in [0.3, 0.4) is 0 Å². The van der Waals surface area contributed by atoms with Gasteiger partial charge in [-0.15, -0.1) is 0 Å². The van der Waals surface area contributed by atoms with E-state index >= 15 is 0 Å². The molecule has 0 aliphatic carbocycles. The van der Waals surface area contributed by atoms with Crippen LogP contribution >= 0.6 is 0 Å². The van der Waals surface area contributed by atoms with Crippen molar-refractivity contribution in [1.82, 2.24) is 9.78 Å². The summed E-state index contributed by atoms with van der Waals surface area (Å²) in [5.41, 5.74) is 1.82. The lowest BCUT2D eigenvalue weighted by atomic mass is 9.67. The lowest BCUT2D eigenvalue weighted by Crippen LogP contribution is -2.41. The van der Waals surface area contributed by atoms with Crippen molar-refractivity contribution in [3.05, 3.63) is 47.8 Å². The summed E-state index contributed by atoms with van der Waals surface area (Å²) >= 11 is 0. The van der Waals surface area contributed by atoms with Gasteiger partial charge in [-0.25, -0.2) is 4.68 Å². The van der Waals surface area contributed by atoms with Crippen molar-refractivity contribution in [3.63, 3.8) is 0 Å². The minimum atomic E-state index is -0.895. The SMILES string of the molecule is Cc1cccc(-n2cc(C(CC(=O)O)B3OC(C)(C)C(C)(C)O3)cn2)c1. The van der Waals surface area contributed by atoms with Crippen LogP contribution in [-0.2, 0) is 14.1 Å². The zero-order valence-corrected chi connectivity index (χ0v) is 15.9. The fourth-order valence-electron chi connectivity index (χ4n) is 3.05. The van der Waals surface area contributed by atoms with Crippen LogP contribution in [0.4, 0.5) is 0 Å². The first kappa shape index (κ1) is 18.7. The summed E-state index contributed by atoms with van der Waals surface area (Å²) < 4.78 is 13.9. The van der Waals surface area contributed by atoms with Crippen LogP contribution in [0.5, 0.6) is 0 Å². The van der Waals surface area contributed by atoms with E-state index in [1.165, 1.54) is 0 Å². The summed E-state index contributed by atoms with van der Waals surface area (Å²) in [7, 11) is -0.633. The first-order valence-corrected chi connectivity index (χ1v) is 8.78. The highest BCUT2D eigenvalue weighted by atomic mass is 16.7. The summed E-state index contributed by atoms with van der Waals surface area (Å²) in [5, 5.41) is 13.8. The molecule has 3 rings (SSSR count). The van der Waals surface area contributed by atoms with Crippen molar-refractivity contribution in [3.8, 4) is 5.69 Å². The smallest absolute Gasteiger partial charge is 0.466 e. The number of aliphatic carboxylic acids is 1. The van der Waals surface area contributed by atoms with Crippen LogP contribution in [-0.4, -0.2) is 39.2 Å². The molecule has 2 heterocycles. The van der Waals surface area contributed by atoms with E-state index in [-0.39, 0.29) is 6.42 Å². The van der Waals surface area contributed by atoms with E-state index in [2.05, 4.69) is 5.10 Å². The second-order valence-corrected chi connectivity index (χ2v) is 7.89. The maximum Gasteiger partial charge on any atom is 0.466 e. The summed E-state index contributed by atoms with van der Waals surface area (Å²) in [6, 6.07) is 7.98. The summed E-state index contributed by atoms with van der Waals surface area (Å²) in [4.78, 5) is 11.4. The molecular formula is C19H25BN2O4. The van der Waals surface area contributed by atoms with Crippen molar-refractivity contribution in [2.24, 2.45) is 0 Å². The number of hydrogen-bond acceptors (Lipinski definition) is 4. The zero-order chi connectivity index (χ0) is 19.1. The summed E-state index contributed by atoms with van der Waals surface area (Å²) in [5.74, 6) is -1.33. The van der Waals surface area contributed by atoms with Gasteiger partial charge < -0.3 is 14.4 Å². The molecule has 0 amide bonds. The number of carboxylic acid groups (broad SMARTS) is 1. The number of hydrogen-bond donors (Lipinski definition) is 1. The molecule has 1 aliphatic heterocycles. The highest BCUT2D eigenvalue weighted by molar-refractivity contribution is 6.48. The largest absolute Gasteiger partial charge is 0.481 e. The first-order valence-electron chi connectivity index (χ1n) is 8.78. The van der Waals surface area contributed by atoms with Crippen molar-refractivity contribution in [1.29, 1.82) is 0 Å². The third-order valence-corrected chi connectivity index (χ3v) is 5.29. The molecule has 1 aromatic carbocycles. The third-order valence-electron chi connectivity index (χ3n) is 5.29. The number of benzene rings is 1. The van der Waals surface area contributed by atoms with Gasteiger partial charge in [0.1, 0.15) is 0 Å². The molecule has 26 heavy (non-hydrogen) atoms. The van der Waals surface area contributed by atoms with Gasteiger partial charge >= 0.3 is 13.1 Å². The first-order chi connectivity index (χ1) is 12.1. The lowest BCUT2D eigenvalue weighted by Gasteiger charge is -2.32. The average molecular weight is 356 g/mol. The van der Waals surface area contributed by atoms with E-state index in [1.807, 2.05) is 65.1 Å². The van der Waals surface area contributed by atoms with Gasteiger partial charge in [-0.2, -0.15) is 5.10 Å². The molecule has 0 spiro atoms. The molecule has 1 unspecified atom stereocenters. The minimum absolute atomic E-state index is 0.0870. The Hall–Kier alpha value is -2.12. The number of aromatic nitrogens is 2. The van der Waals surface area contributed by atoms with Gasteiger partial charge in [0.2, 0.25) is 0 Å². The fraction of sp³-hybridized carbons (Fsp3) is 0.474. The zero-order valence-electron chi connectivity index (χ0n) is 15.9. The van der Waals surface area contributed by atoms with E-state index in [0.29, 0.717) is 0 Å². The summed E-state index contributed by atoms with van der Waals surface area (Å²) in [6.45, 7) is 9.86. The topological polar surface area (TPSA) is 73.6 Å². The normalized spacial score (nSPS) is 19.5.